The molecule has 0 aliphatic heterocycles. The fourth-order valence-corrected chi connectivity index (χ4v) is 1.29. The summed E-state index contributed by atoms with van der Waals surface area (Å²) >= 11 is 5.91. The molecule has 0 bridgehead atoms. The number of anilines is 1. The minimum absolute atomic E-state index is 0.761. The molecule has 0 saturated heterocycles. The van der Waals surface area contributed by atoms with Crippen LogP contribution in [-0.4, -0.2) is 14.1 Å². The Kier molecular flexibility index (Phi) is 3.38. The lowest BCUT2D eigenvalue weighted by Crippen LogP contribution is -2.05. The second-order valence-corrected chi connectivity index (χ2v) is 3.00. The van der Waals surface area contributed by atoms with Gasteiger partial charge in [-0.2, -0.15) is 0 Å². The van der Waals surface area contributed by atoms with Crippen LogP contribution in [0.15, 0.2) is 18.2 Å². The first-order valence-electron chi connectivity index (χ1n) is 3.88. The van der Waals surface area contributed by atoms with E-state index in [0.717, 1.165) is 17.3 Å². The fourth-order valence-electron chi connectivity index (χ4n) is 1.08. The molecular formula is C9H13ClN2. The van der Waals surface area contributed by atoms with Crippen LogP contribution in [0.5, 0.6) is 0 Å². The van der Waals surface area contributed by atoms with Crippen molar-refractivity contribution in [3.05, 3.63) is 28.8 Å². The molecule has 0 amide bonds. The van der Waals surface area contributed by atoms with E-state index in [0.29, 0.717) is 0 Å². The Bertz CT molecular complexity index is 261. The van der Waals surface area contributed by atoms with Crippen LogP contribution in [0, 0.1) is 0 Å². The smallest absolute Gasteiger partial charge is 0.0637 e. The molecule has 0 unspecified atom stereocenters. The highest BCUT2D eigenvalue weighted by atomic mass is 35.5. The second kappa shape index (κ2) is 4.33. The molecule has 0 radical (unpaired) electrons. The molecule has 12 heavy (non-hydrogen) atoms. The SMILES string of the molecule is CNCc1ccc(Cl)c(NC)c1. The van der Waals surface area contributed by atoms with Crippen LogP contribution >= 0.6 is 11.6 Å². The van der Waals surface area contributed by atoms with Gasteiger partial charge in [-0.05, 0) is 24.7 Å². The largest absolute Gasteiger partial charge is 0.387 e. The average molecular weight is 185 g/mol. The first-order valence-corrected chi connectivity index (χ1v) is 4.26. The molecule has 1 aromatic carbocycles. The van der Waals surface area contributed by atoms with Gasteiger partial charge in [0.05, 0.1) is 10.7 Å². The van der Waals surface area contributed by atoms with Gasteiger partial charge in [0.15, 0.2) is 0 Å². The molecule has 0 aromatic heterocycles. The minimum atomic E-state index is 0.761. The van der Waals surface area contributed by atoms with Gasteiger partial charge in [0.2, 0.25) is 0 Å². The summed E-state index contributed by atoms with van der Waals surface area (Å²) in [6, 6.07) is 5.96. The normalized spacial score (nSPS) is 9.92. The van der Waals surface area contributed by atoms with Crippen molar-refractivity contribution in [3.63, 3.8) is 0 Å². The first-order chi connectivity index (χ1) is 5.77. The predicted molar refractivity (Wildman–Crippen MR) is 53.8 cm³/mol. The number of hydrogen-bond donors (Lipinski definition) is 2. The van der Waals surface area contributed by atoms with Gasteiger partial charge in [0.25, 0.3) is 0 Å². The highest BCUT2D eigenvalue weighted by Crippen LogP contribution is 2.22. The number of halogens is 1. The van der Waals surface area contributed by atoms with Crippen LogP contribution in [0.2, 0.25) is 5.02 Å². The van der Waals surface area contributed by atoms with Crippen molar-refractivity contribution >= 4 is 17.3 Å². The van der Waals surface area contributed by atoms with Crippen LogP contribution in [0.3, 0.4) is 0 Å². The van der Waals surface area contributed by atoms with Crippen LogP contribution in [0.25, 0.3) is 0 Å². The van der Waals surface area contributed by atoms with E-state index >= 15 is 0 Å². The van der Waals surface area contributed by atoms with Crippen molar-refractivity contribution in [3.8, 4) is 0 Å². The molecule has 3 heteroatoms. The summed E-state index contributed by atoms with van der Waals surface area (Å²) in [7, 11) is 3.79. The zero-order valence-corrected chi connectivity index (χ0v) is 8.07. The highest BCUT2D eigenvalue weighted by molar-refractivity contribution is 6.33. The monoisotopic (exact) mass is 184 g/mol. The van der Waals surface area contributed by atoms with E-state index < -0.39 is 0 Å². The molecule has 1 rings (SSSR count). The van der Waals surface area contributed by atoms with E-state index in [-0.39, 0.29) is 0 Å². The lowest BCUT2D eigenvalue weighted by atomic mass is 10.2. The quantitative estimate of drug-likeness (QED) is 0.752. The number of nitrogens with one attached hydrogen (secondary N) is 2. The maximum absolute atomic E-state index is 5.91. The summed E-state index contributed by atoms with van der Waals surface area (Å²) in [4.78, 5) is 0. The minimum Gasteiger partial charge on any atom is -0.387 e. The van der Waals surface area contributed by atoms with Gasteiger partial charge in [-0.15, -0.1) is 0 Å². The summed E-state index contributed by atoms with van der Waals surface area (Å²) in [5.74, 6) is 0. The summed E-state index contributed by atoms with van der Waals surface area (Å²) in [6.45, 7) is 0.867. The van der Waals surface area contributed by atoms with Gasteiger partial charge in [0, 0.05) is 13.6 Å². The molecule has 1 aromatic rings. The van der Waals surface area contributed by atoms with Crippen molar-refractivity contribution in [1.82, 2.24) is 5.32 Å². The molecule has 0 aliphatic carbocycles. The summed E-state index contributed by atoms with van der Waals surface area (Å²) < 4.78 is 0. The van der Waals surface area contributed by atoms with E-state index in [4.69, 9.17) is 11.6 Å². The molecule has 0 aliphatic rings. The summed E-state index contributed by atoms with van der Waals surface area (Å²) in [5, 5.41) is 6.88. The third-order valence-corrected chi connectivity index (χ3v) is 2.01. The van der Waals surface area contributed by atoms with E-state index in [2.05, 4.69) is 10.6 Å². The predicted octanol–water partition coefficient (Wildman–Crippen LogP) is 2.10. The standard InChI is InChI=1S/C9H13ClN2/c1-11-6-7-3-4-8(10)9(5-7)12-2/h3-5,11-12H,6H2,1-2H3. The van der Waals surface area contributed by atoms with Gasteiger partial charge >= 0.3 is 0 Å². The van der Waals surface area contributed by atoms with Crippen molar-refractivity contribution in [1.29, 1.82) is 0 Å². The summed E-state index contributed by atoms with van der Waals surface area (Å²) in [6.07, 6.45) is 0. The van der Waals surface area contributed by atoms with Gasteiger partial charge < -0.3 is 10.6 Å². The molecule has 66 valence electrons. The Balaban J connectivity index is 2.89. The van der Waals surface area contributed by atoms with Crippen LogP contribution in [-0.2, 0) is 6.54 Å². The van der Waals surface area contributed by atoms with Gasteiger partial charge in [-0.3, -0.25) is 0 Å². The number of benzene rings is 1. The fraction of sp³-hybridized carbons (Fsp3) is 0.333. The molecular weight excluding hydrogens is 172 g/mol. The van der Waals surface area contributed by atoms with Crippen molar-refractivity contribution in [2.24, 2.45) is 0 Å². The molecule has 0 fully saturated rings. The maximum Gasteiger partial charge on any atom is 0.0637 e. The average Bonchev–Trinajstić information content (AvgIpc) is 2.09. The highest BCUT2D eigenvalue weighted by Gasteiger charge is 1.98. The Morgan fingerprint density at radius 2 is 2.08 bits per heavy atom. The number of hydrogen-bond acceptors (Lipinski definition) is 2. The third kappa shape index (κ3) is 2.13. The van der Waals surface area contributed by atoms with Crippen molar-refractivity contribution in [2.45, 2.75) is 6.54 Å². The molecule has 0 saturated carbocycles. The zero-order valence-electron chi connectivity index (χ0n) is 7.32. The van der Waals surface area contributed by atoms with Crippen LogP contribution in [0.1, 0.15) is 5.56 Å². The van der Waals surface area contributed by atoms with Gasteiger partial charge in [0.1, 0.15) is 0 Å². The third-order valence-electron chi connectivity index (χ3n) is 1.68. The molecule has 2 N–H and O–H groups in total. The Morgan fingerprint density at radius 1 is 1.33 bits per heavy atom. The molecule has 0 spiro atoms. The molecule has 0 atom stereocenters. The zero-order chi connectivity index (χ0) is 8.97. The Hall–Kier alpha value is -0.730. The van der Waals surface area contributed by atoms with E-state index in [1.54, 1.807) is 0 Å². The molecule has 0 heterocycles. The molecule has 2 nitrogen and oxygen atoms in total. The Labute approximate surface area is 77.9 Å². The second-order valence-electron chi connectivity index (χ2n) is 2.59. The lowest BCUT2D eigenvalue weighted by Gasteiger charge is -2.06. The Morgan fingerprint density at radius 3 is 2.67 bits per heavy atom. The van der Waals surface area contributed by atoms with Crippen LogP contribution < -0.4 is 10.6 Å². The maximum atomic E-state index is 5.91. The topological polar surface area (TPSA) is 24.1 Å². The van der Waals surface area contributed by atoms with E-state index in [1.807, 2.05) is 32.3 Å². The van der Waals surface area contributed by atoms with Crippen molar-refractivity contribution in [2.75, 3.05) is 19.4 Å². The van der Waals surface area contributed by atoms with Crippen LogP contribution in [0.4, 0.5) is 5.69 Å². The first kappa shape index (κ1) is 9.36. The van der Waals surface area contributed by atoms with Gasteiger partial charge in [-0.25, -0.2) is 0 Å². The lowest BCUT2D eigenvalue weighted by molar-refractivity contribution is 0.818. The summed E-state index contributed by atoms with van der Waals surface area (Å²) in [5.41, 5.74) is 2.20. The van der Waals surface area contributed by atoms with Crippen molar-refractivity contribution < 1.29 is 0 Å². The van der Waals surface area contributed by atoms with Gasteiger partial charge in [-0.1, -0.05) is 17.7 Å². The van der Waals surface area contributed by atoms with E-state index in [9.17, 15) is 0 Å². The van der Waals surface area contributed by atoms with E-state index in [1.165, 1.54) is 5.56 Å². The number of rotatable bonds is 3.